The maximum atomic E-state index is 10.5. The van der Waals surface area contributed by atoms with E-state index in [1.807, 2.05) is 0 Å². The van der Waals surface area contributed by atoms with Crippen molar-refractivity contribution in [1.82, 2.24) is 9.97 Å². The molecule has 1 N–H and O–H groups in total. The van der Waals surface area contributed by atoms with Gasteiger partial charge in [0, 0.05) is 12.4 Å². The predicted octanol–water partition coefficient (Wildman–Crippen LogP) is 1.43. The summed E-state index contributed by atoms with van der Waals surface area (Å²) in [6, 6.07) is 1.70. The van der Waals surface area contributed by atoms with Crippen molar-refractivity contribution in [3.05, 3.63) is 36.5 Å². The molecule has 0 aliphatic heterocycles. The van der Waals surface area contributed by atoms with Gasteiger partial charge in [-0.25, -0.2) is 14.8 Å². The summed E-state index contributed by atoms with van der Waals surface area (Å²) in [5.74, 6) is -0.590. The van der Waals surface area contributed by atoms with Crippen LogP contribution in [0, 0.1) is 0 Å². The summed E-state index contributed by atoms with van der Waals surface area (Å²) >= 11 is 0. The molecule has 2 aromatic rings. The molecule has 5 nitrogen and oxygen atoms in total. The van der Waals surface area contributed by atoms with Crippen LogP contribution >= 0.6 is 0 Å². The molecule has 2 rings (SSSR count). The molecule has 0 aliphatic rings. The van der Waals surface area contributed by atoms with E-state index in [0.717, 1.165) is 5.56 Å². The monoisotopic (exact) mass is 190 g/mol. The first-order chi connectivity index (χ1) is 6.77. The van der Waals surface area contributed by atoms with Gasteiger partial charge in [0.1, 0.15) is 6.26 Å². The molecule has 70 valence electrons. The van der Waals surface area contributed by atoms with Crippen LogP contribution in [0.2, 0.25) is 0 Å². The lowest BCUT2D eigenvalue weighted by atomic mass is 10.3. The fraction of sp³-hybridized carbons (Fsp3) is 0. The molecule has 0 bridgehead atoms. The lowest BCUT2D eigenvalue weighted by Crippen LogP contribution is -1.99. The van der Waals surface area contributed by atoms with Crippen molar-refractivity contribution in [2.75, 3.05) is 0 Å². The average Bonchev–Trinajstić information content (AvgIpc) is 2.71. The van der Waals surface area contributed by atoms with Gasteiger partial charge < -0.3 is 9.52 Å². The number of carboxylic acids is 1. The Labute approximate surface area is 79.0 Å². The van der Waals surface area contributed by atoms with Crippen LogP contribution in [0.5, 0.6) is 0 Å². The van der Waals surface area contributed by atoms with E-state index in [1.54, 1.807) is 6.07 Å². The third-order valence-electron chi connectivity index (χ3n) is 1.68. The minimum absolute atomic E-state index is 0.0669. The largest absolute Gasteiger partial charge is 0.478 e. The predicted molar refractivity (Wildman–Crippen MR) is 46.7 cm³/mol. The third-order valence-corrected chi connectivity index (χ3v) is 1.68. The fourth-order valence-electron chi connectivity index (χ4n) is 0.979. The minimum atomic E-state index is -1.04. The summed E-state index contributed by atoms with van der Waals surface area (Å²) in [5, 5.41) is 8.61. The smallest absolute Gasteiger partial charge is 0.338 e. The van der Waals surface area contributed by atoms with Crippen LogP contribution in [-0.2, 0) is 0 Å². The molecular formula is C9H6N2O3. The van der Waals surface area contributed by atoms with Gasteiger partial charge in [-0.05, 0) is 6.07 Å². The van der Waals surface area contributed by atoms with Crippen molar-refractivity contribution in [1.29, 1.82) is 0 Å². The van der Waals surface area contributed by atoms with E-state index < -0.39 is 5.97 Å². The Morgan fingerprint density at radius 3 is 2.57 bits per heavy atom. The van der Waals surface area contributed by atoms with Gasteiger partial charge in [-0.2, -0.15) is 0 Å². The Hall–Kier alpha value is -2.17. The van der Waals surface area contributed by atoms with E-state index in [9.17, 15) is 4.79 Å². The zero-order valence-corrected chi connectivity index (χ0v) is 7.04. The summed E-state index contributed by atoms with van der Waals surface area (Å²) in [7, 11) is 0. The second-order valence-electron chi connectivity index (χ2n) is 2.61. The summed E-state index contributed by atoms with van der Waals surface area (Å²) in [6.07, 6.45) is 5.52. The zero-order chi connectivity index (χ0) is 9.97. The SMILES string of the molecule is O=C(O)c1cnc(-c2ccoc2)nc1. The van der Waals surface area contributed by atoms with E-state index in [0.29, 0.717) is 5.82 Å². The standard InChI is InChI=1S/C9H6N2O3/c12-9(13)7-3-10-8(11-4-7)6-1-2-14-5-6/h1-5H,(H,12,13). The molecule has 2 aromatic heterocycles. The van der Waals surface area contributed by atoms with Crippen molar-refractivity contribution in [3.8, 4) is 11.4 Å². The van der Waals surface area contributed by atoms with Gasteiger partial charge in [-0.3, -0.25) is 0 Å². The van der Waals surface area contributed by atoms with Gasteiger partial charge in [0.25, 0.3) is 0 Å². The highest BCUT2D eigenvalue weighted by molar-refractivity contribution is 5.86. The van der Waals surface area contributed by atoms with Crippen molar-refractivity contribution < 1.29 is 14.3 Å². The van der Waals surface area contributed by atoms with Crippen LogP contribution < -0.4 is 0 Å². The molecule has 2 heterocycles. The Bertz CT molecular complexity index is 434. The number of rotatable bonds is 2. The number of aromatic nitrogens is 2. The van der Waals surface area contributed by atoms with Crippen LogP contribution in [0.3, 0.4) is 0 Å². The van der Waals surface area contributed by atoms with Gasteiger partial charge in [-0.1, -0.05) is 0 Å². The molecule has 0 atom stereocenters. The number of aromatic carboxylic acids is 1. The summed E-state index contributed by atoms with van der Waals surface area (Å²) < 4.78 is 4.85. The molecule has 0 saturated carbocycles. The molecule has 0 fully saturated rings. The molecular weight excluding hydrogens is 184 g/mol. The van der Waals surface area contributed by atoms with E-state index in [1.165, 1.54) is 24.9 Å². The normalized spacial score (nSPS) is 10.0. The molecule has 0 aliphatic carbocycles. The van der Waals surface area contributed by atoms with Gasteiger partial charge >= 0.3 is 5.97 Å². The summed E-state index contributed by atoms with van der Waals surface area (Å²) in [6.45, 7) is 0. The van der Waals surface area contributed by atoms with E-state index in [4.69, 9.17) is 9.52 Å². The van der Waals surface area contributed by atoms with Gasteiger partial charge in [0.05, 0.1) is 17.4 Å². The van der Waals surface area contributed by atoms with Crippen LogP contribution in [0.15, 0.2) is 35.4 Å². The second kappa shape index (κ2) is 3.29. The molecule has 5 heteroatoms. The van der Waals surface area contributed by atoms with Crippen molar-refractivity contribution >= 4 is 5.97 Å². The van der Waals surface area contributed by atoms with Crippen LogP contribution in [0.1, 0.15) is 10.4 Å². The number of hydrogen-bond donors (Lipinski definition) is 1. The topological polar surface area (TPSA) is 76.2 Å². The number of hydrogen-bond acceptors (Lipinski definition) is 4. The first-order valence-electron chi connectivity index (χ1n) is 3.85. The molecule has 0 amide bonds. The van der Waals surface area contributed by atoms with E-state index in [2.05, 4.69) is 9.97 Å². The Morgan fingerprint density at radius 1 is 1.36 bits per heavy atom. The number of carboxylic acid groups (broad SMARTS) is 1. The van der Waals surface area contributed by atoms with E-state index in [-0.39, 0.29) is 5.56 Å². The third kappa shape index (κ3) is 1.47. The molecule has 0 spiro atoms. The van der Waals surface area contributed by atoms with Crippen molar-refractivity contribution in [2.45, 2.75) is 0 Å². The van der Waals surface area contributed by atoms with Crippen LogP contribution in [0.4, 0.5) is 0 Å². The Morgan fingerprint density at radius 2 is 2.07 bits per heavy atom. The maximum absolute atomic E-state index is 10.5. The van der Waals surface area contributed by atoms with Gasteiger partial charge in [0.2, 0.25) is 0 Å². The molecule has 0 aromatic carbocycles. The van der Waals surface area contributed by atoms with Gasteiger partial charge in [0.15, 0.2) is 5.82 Å². The molecule has 0 radical (unpaired) electrons. The molecule has 14 heavy (non-hydrogen) atoms. The Balaban J connectivity index is 2.36. The fourth-order valence-corrected chi connectivity index (χ4v) is 0.979. The highest BCUT2D eigenvalue weighted by Crippen LogP contribution is 2.13. The minimum Gasteiger partial charge on any atom is -0.478 e. The van der Waals surface area contributed by atoms with Gasteiger partial charge in [-0.15, -0.1) is 0 Å². The summed E-state index contributed by atoms with van der Waals surface area (Å²) in [4.78, 5) is 18.3. The molecule has 0 saturated heterocycles. The first kappa shape index (κ1) is 8.43. The number of carbonyl (C=O) groups is 1. The summed E-state index contributed by atoms with van der Waals surface area (Å²) in [5.41, 5.74) is 0.791. The zero-order valence-electron chi connectivity index (χ0n) is 7.04. The van der Waals surface area contributed by atoms with Crippen LogP contribution in [0.25, 0.3) is 11.4 Å². The first-order valence-corrected chi connectivity index (χ1v) is 3.85. The average molecular weight is 190 g/mol. The second-order valence-corrected chi connectivity index (χ2v) is 2.61. The maximum Gasteiger partial charge on any atom is 0.338 e. The number of nitrogens with zero attached hydrogens (tertiary/aromatic N) is 2. The Kier molecular flexibility index (Phi) is 1.98. The van der Waals surface area contributed by atoms with Crippen molar-refractivity contribution in [3.63, 3.8) is 0 Å². The van der Waals surface area contributed by atoms with Crippen molar-refractivity contribution in [2.24, 2.45) is 0 Å². The lowest BCUT2D eigenvalue weighted by Gasteiger charge is -1.95. The lowest BCUT2D eigenvalue weighted by molar-refractivity contribution is 0.0696. The number of furan rings is 1. The molecule has 0 unspecified atom stereocenters. The van der Waals surface area contributed by atoms with E-state index >= 15 is 0 Å². The van der Waals surface area contributed by atoms with Crippen LogP contribution in [-0.4, -0.2) is 21.0 Å². The quantitative estimate of drug-likeness (QED) is 0.775. The highest BCUT2D eigenvalue weighted by atomic mass is 16.4. The highest BCUT2D eigenvalue weighted by Gasteiger charge is 2.06.